The van der Waals surface area contributed by atoms with E-state index in [1.54, 1.807) is 9.58 Å². The molecule has 1 N–H and O–H groups in total. The molecule has 0 unspecified atom stereocenters. The van der Waals surface area contributed by atoms with E-state index in [-0.39, 0.29) is 18.2 Å². The van der Waals surface area contributed by atoms with Crippen molar-refractivity contribution in [3.63, 3.8) is 0 Å². The second kappa shape index (κ2) is 7.63. The van der Waals surface area contributed by atoms with Crippen LogP contribution in [0, 0.1) is 18.8 Å². The van der Waals surface area contributed by atoms with E-state index in [2.05, 4.69) is 15.5 Å². The number of hydrogen-bond donors (Lipinski definition) is 1. The van der Waals surface area contributed by atoms with Crippen molar-refractivity contribution in [2.75, 3.05) is 13.1 Å². The molecule has 1 aliphatic heterocycles. The van der Waals surface area contributed by atoms with E-state index in [4.69, 9.17) is 0 Å². The van der Waals surface area contributed by atoms with Gasteiger partial charge < -0.3 is 10.0 Å². The molecule has 0 bridgehead atoms. The summed E-state index contributed by atoms with van der Waals surface area (Å²) >= 11 is 0. The molecule has 0 aliphatic carbocycles. The molecule has 3 rings (SSSR count). The van der Waals surface area contributed by atoms with Gasteiger partial charge in [0.2, 0.25) is 5.91 Å². The first-order chi connectivity index (χ1) is 12.5. The minimum atomic E-state index is -0.806. The molecule has 1 fully saturated rings. The number of benzene rings is 1. The van der Waals surface area contributed by atoms with E-state index in [1.165, 1.54) is 0 Å². The Morgan fingerprint density at radius 3 is 2.54 bits per heavy atom. The summed E-state index contributed by atoms with van der Waals surface area (Å²) in [4.78, 5) is 25.7. The number of carboxylic acids is 1. The lowest BCUT2D eigenvalue weighted by Crippen LogP contribution is -2.31. The number of aryl methyl sites for hydroxylation is 1. The molecule has 1 saturated heterocycles. The van der Waals surface area contributed by atoms with Gasteiger partial charge in [-0.3, -0.25) is 9.59 Å². The van der Waals surface area contributed by atoms with Crippen molar-refractivity contribution in [1.82, 2.24) is 25.1 Å². The third kappa shape index (κ3) is 3.74. The molecule has 138 valence electrons. The molecule has 0 saturated carbocycles. The molecule has 1 aromatic heterocycles. The molecule has 0 radical (unpaired) electrons. The number of amides is 1. The second-order valence-corrected chi connectivity index (χ2v) is 6.77. The van der Waals surface area contributed by atoms with Gasteiger partial charge in [0.25, 0.3) is 0 Å². The average molecular weight is 357 g/mol. The van der Waals surface area contributed by atoms with Crippen molar-refractivity contribution in [3.8, 4) is 5.69 Å². The molecular formula is C18H23N5O3. The number of carbonyl (C=O) groups is 2. The molecule has 1 amide bonds. The minimum absolute atomic E-state index is 0.0267. The van der Waals surface area contributed by atoms with Crippen molar-refractivity contribution in [2.24, 2.45) is 11.8 Å². The monoisotopic (exact) mass is 357 g/mol. The Bertz CT molecular complexity index is 786. The number of hydrogen-bond acceptors (Lipinski definition) is 5. The summed E-state index contributed by atoms with van der Waals surface area (Å²) in [5.74, 6) is -0.552. The third-order valence-electron chi connectivity index (χ3n) is 4.93. The number of carboxylic acid groups (broad SMARTS) is 1. The highest BCUT2D eigenvalue weighted by Crippen LogP contribution is 2.28. The van der Waals surface area contributed by atoms with Crippen LogP contribution in [0.15, 0.2) is 24.3 Å². The van der Waals surface area contributed by atoms with Gasteiger partial charge in [-0.25, -0.2) is 0 Å². The van der Waals surface area contributed by atoms with Gasteiger partial charge in [0.05, 0.1) is 18.0 Å². The van der Waals surface area contributed by atoms with E-state index in [0.29, 0.717) is 18.9 Å². The van der Waals surface area contributed by atoms with E-state index >= 15 is 0 Å². The van der Waals surface area contributed by atoms with Crippen LogP contribution in [0.1, 0.15) is 31.2 Å². The summed E-state index contributed by atoms with van der Waals surface area (Å²) in [6.07, 6.45) is 2.02. The van der Waals surface area contributed by atoms with Crippen LogP contribution in [0.25, 0.3) is 5.69 Å². The summed E-state index contributed by atoms with van der Waals surface area (Å²) < 4.78 is 1.62. The lowest BCUT2D eigenvalue weighted by atomic mass is 9.92. The molecule has 2 aromatic rings. The molecule has 8 nitrogen and oxygen atoms in total. The number of nitrogens with zero attached hydrogens (tertiary/aromatic N) is 5. The van der Waals surface area contributed by atoms with E-state index in [1.807, 2.05) is 38.1 Å². The van der Waals surface area contributed by atoms with Crippen LogP contribution in [-0.2, 0) is 16.0 Å². The van der Waals surface area contributed by atoms with Gasteiger partial charge in [-0.2, -0.15) is 4.68 Å². The maximum absolute atomic E-state index is 12.6. The summed E-state index contributed by atoms with van der Waals surface area (Å²) in [5.41, 5.74) is 1.72. The number of rotatable bonds is 6. The largest absolute Gasteiger partial charge is 0.481 e. The van der Waals surface area contributed by atoms with Crippen molar-refractivity contribution >= 4 is 11.9 Å². The van der Waals surface area contributed by atoms with Gasteiger partial charge in [0, 0.05) is 13.1 Å². The molecule has 2 heterocycles. The first-order valence-corrected chi connectivity index (χ1v) is 8.84. The highest BCUT2D eigenvalue weighted by Gasteiger charge is 2.38. The van der Waals surface area contributed by atoms with Crippen LogP contribution >= 0.6 is 0 Å². The first-order valence-electron chi connectivity index (χ1n) is 8.84. The lowest BCUT2D eigenvalue weighted by Gasteiger charge is -2.16. The normalized spacial score (nSPS) is 19.7. The molecular weight excluding hydrogens is 334 g/mol. The van der Waals surface area contributed by atoms with Crippen LogP contribution in [0.5, 0.6) is 0 Å². The van der Waals surface area contributed by atoms with Crippen molar-refractivity contribution < 1.29 is 14.7 Å². The zero-order chi connectivity index (χ0) is 18.7. The van der Waals surface area contributed by atoms with Gasteiger partial charge in [-0.15, -0.1) is 5.10 Å². The predicted octanol–water partition coefficient (Wildman–Crippen LogP) is 1.47. The lowest BCUT2D eigenvalue weighted by molar-refractivity contribution is -0.142. The van der Waals surface area contributed by atoms with Crippen LogP contribution in [0.3, 0.4) is 0 Å². The smallest absolute Gasteiger partial charge is 0.308 e. The zero-order valence-corrected chi connectivity index (χ0v) is 15.0. The molecule has 2 atom stereocenters. The Morgan fingerprint density at radius 1 is 1.23 bits per heavy atom. The highest BCUT2D eigenvalue weighted by atomic mass is 16.4. The Balaban J connectivity index is 1.65. The van der Waals surface area contributed by atoms with Crippen LogP contribution in [-0.4, -0.2) is 55.2 Å². The van der Waals surface area contributed by atoms with Gasteiger partial charge >= 0.3 is 5.97 Å². The quantitative estimate of drug-likeness (QED) is 0.840. The summed E-state index contributed by atoms with van der Waals surface area (Å²) in [6, 6.07) is 7.50. The van der Waals surface area contributed by atoms with Crippen molar-refractivity contribution in [1.29, 1.82) is 0 Å². The third-order valence-corrected chi connectivity index (χ3v) is 4.93. The Labute approximate surface area is 151 Å². The van der Waals surface area contributed by atoms with E-state index < -0.39 is 11.9 Å². The summed E-state index contributed by atoms with van der Waals surface area (Å²) in [5, 5.41) is 20.8. The Kier molecular flexibility index (Phi) is 5.29. The fraction of sp³-hybridized carbons (Fsp3) is 0.500. The highest BCUT2D eigenvalue weighted by molar-refractivity contribution is 5.81. The molecule has 8 heteroatoms. The number of aromatic nitrogens is 4. The number of carbonyl (C=O) groups excluding carboxylic acids is 1. The van der Waals surface area contributed by atoms with Gasteiger partial charge in [-0.1, -0.05) is 25.5 Å². The standard InChI is InChI=1S/C18H23N5O3/c1-3-4-14-10-22(11-16(14)18(25)26)17(24)9-13-5-7-15(8-6-13)23-12(2)19-20-21-23/h5-8,14,16H,3-4,9-11H2,1-2H3,(H,25,26)/t14-,16-/m1/s1. The Morgan fingerprint density at radius 2 is 1.96 bits per heavy atom. The fourth-order valence-electron chi connectivity index (χ4n) is 3.53. The molecule has 1 aromatic carbocycles. The number of aliphatic carboxylic acids is 1. The summed E-state index contributed by atoms with van der Waals surface area (Å²) in [7, 11) is 0. The van der Waals surface area contributed by atoms with Crippen LogP contribution in [0.2, 0.25) is 0 Å². The maximum Gasteiger partial charge on any atom is 0.308 e. The fourth-order valence-corrected chi connectivity index (χ4v) is 3.53. The summed E-state index contributed by atoms with van der Waals surface area (Å²) in [6.45, 7) is 4.69. The van der Waals surface area contributed by atoms with E-state index in [0.717, 1.165) is 24.1 Å². The van der Waals surface area contributed by atoms with Gasteiger partial charge in [-0.05, 0) is 47.4 Å². The second-order valence-electron chi connectivity index (χ2n) is 6.77. The van der Waals surface area contributed by atoms with Crippen LogP contribution < -0.4 is 0 Å². The molecule has 1 aliphatic rings. The molecule has 26 heavy (non-hydrogen) atoms. The topological polar surface area (TPSA) is 101 Å². The SMILES string of the molecule is CCC[C@@H]1CN(C(=O)Cc2ccc(-n3nnnc3C)cc2)C[C@H]1C(=O)O. The Hall–Kier alpha value is -2.77. The number of likely N-dealkylation sites (tertiary alicyclic amines) is 1. The van der Waals surface area contributed by atoms with Gasteiger partial charge in [0.1, 0.15) is 0 Å². The van der Waals surface area contributed by atoms with Gasteiger partial charge in [0.15, 0.2) is 5.82 Å². The van der Waals surface area contributed by atoms with Crippen molar-refractivity contribution in [3.05, 3.63) is 35.7 Å². The minimum Gasteiger partial charge on any atom is -0.481 e. The van der Waals surface area contributed by atoms with Crippen LogP contribution in [0.4, 0.5) is 0 Å². The predicted molar refractivity (Wildman–Crippen MR) is 93.7 cm³/mol. The molecule has 0 spiro atoms. The van der Waals surface area contributed by atoms with E-state index in [9.17, 15) is 14.7 Å². The zero-order valence-electron chi connectivity index (χ0n) is 15.0. The van der Waals surface area contributed by atoms with Crippen molar-refractivity contribution in [2.45, 2.75) is 33.1 Å². The average Bonchev–Trinajstić information content (AvgIpc) is 3.22. The maximum atomic E-state index is 12.6. The first kappa shape index (κ1) is 18.0. The number of tetrazole rings is 1.